The monoisotopic (exact) mass is 402 g/mol. The number of hydrogen-bond acceptors (Lipinski definition) is 5. The topological polar surface area (TPSA) is 80.9 Å². The Bertz CT molecular complexity index is 844. The second-order valence-electron chi connectivity index (χ2n) is 6.95. The van der Waals surface area contributed by atoms with Gasteiger partial charge in [0.25, 0.3) is 5.91 Å². The fourth-order valence-corrected chi connectivity index (χ4v) is 3.05. The number of carbonyl (C=O) groups excluding carboxylic acids is 2. The molecule has 0 saturated heterocycles. The van der Waals surface area contributed by atoms with E-state index in [2.05, 4.69) is 4.98 Å². The smallest absolute Gasteiger partial charge is 0.340 e. The van der Waals surface area contributed by atoms with E-state index in [0.29, 0.717) is 48.7 Å². The summed E-state index contributed by atoms with van der Waals surface area (Å²) in [7, 11) is 3.28. The van der Waals surface area contributed by atoms with Gasteiger partial charge in [0, 0.05) is 26.4 Å². The maximum Gasteiger partial charge on any atom is 0.340 e. The Morgan fingerprint density at radius 1 is 1.07 bits per heavy atom. The minimum atomic E-state index is -0.457. The lowest BCUT2D eigenvalue weighted by molar-refractivity contribution is 0.0387. The zero-order chi connectivity index (χ0) is 21.4. The summed E-state index contributed by atoms with van der Waals surface area (Å²) in [5.41, 5.74) is 3.10. The average Bonchev–Trinajstić information content (AvgIpc) is 3.00. The number of nitrogens with zero attached hydrogens (tertiary/aromatic N) is 1. The molecule has 0 aliphatic carbocycles. The van der Waals surface area contributed by atoms with E-state index in [4.69, 9.17) is 14.2 Å². The van der Waals surface area contributed by atoms with E-state index < -0.39 is 5.97 Å². The fourth-order valence-electron chi connectivity index (χ4n) is 3.05. The molecule has 2 rings (SSSR count). The molecule has 0 atom stereocenters. The minimum absolute atomic E-state index is 0.169. The molecule has 158 valence electrons. The molecule has 29 heavy (non-hydrogen) atoms. The Labute approximate surface area is 172 Å². The summed E-state index contributed by atoms with van der Waals surface area (Å²) in [6, 6.07) is 7.84. The van der Waals surface area contributed by atoms with E-state index in [9.17, 15) is 9.59 Å². The van der Waals surface area contributed by atoms with Crippen LogP contribution in [0.15, 0.2) is 24.3 Å². The number of carbonyl (C=O) groups is 2. The number of rotatable bonds is 10. The number of benzene rings is 1. The van der Waals surface area contributed by atoms with Crippen molar-refractivity contribution in [1.82, 2.24) is 9.88 Å². The summed E-state index contributed by atoms with van der Waals surface area (Å²) in [4.78, 5) is 29.8. The highest BCUT2D eigenvalue weighted by molar-refractivity contribution is 6.00. The number of para-hydroxylation sites is 1. The highest BCUT2D eigenvalue weighted by Crippen LogP contribution is 2.20. The molecule has 2 aromatic rings. The van der Waals surface area contributed by atoms with Gasteiger partial charge in [-0.25, -0.2) is 4.79 Å². The number of esters is 1. The van der Waals surface area contributed by atoms with Gasteiger partial charge < -0.3 is 24.1 Å². The van der Waals surface area contributed by atoms with Gasteiger partial charge in [-0.05, 0) is 44.4 Å². The average molecular weight is 402 g/mol. The van der Waals surface area contributed by atoms with Gasteiger partial charge in [0.15, 0.2) is 0 Å². The Kier molecular flexibility index (Phi) is 8.27. The van der Waals surface area contributed by atoms with Crippen molar-refractivity contribution in [2.24, 2.45) is 0 Å². The Morgan fingerprint density at radius 3 is 2.48 bits per heavy atom. The standard InChI is InChI=1S/C22H30N2O5/c1-15-9-6-7-10-18(15)28-12-8-11-24(4)21(25)20-16(2)19(17(3)23-20)22(26)29-14-13-27-5/h6-7,9-10,23H,8,11-14H2,1-5H3. The molecule has 7 heteroatoms. The Hall–Kier alpha value is -2.80. The predicted octanol–water partition coefficient (Wildman–Crippen LogP) is 3.28. The Morgan fingerprint density at radius 2 is 1.79 bits per heavy atom. The van der Waals surface area contributed by atoms with Crippen molar-refractivity contribution in [3.05, 3.63) is 52.3 Å². The number of H-pyrrole nitrogens is 1. The number of aromatic amines is 1. The maximum atomic E-state index is 12.8. The quantitative estimate of drug-likeness (QED) is 0.487. The van der Waals surface area contributed by atoms with Crippen molar-refractivity contribution >= 4 is 11.9 Å². The van der Waals surface area contributed by atoms with Gasteiger partial charge in [-0.3, -0.25) is 4.79 Å². The van der Waals surface area contributed by atoms with Crippen molar-refractivity contribution in [3.63, 3.8) is 0 Å². The van der Waals surface area contributed by atoms with Crippen molar-refractivity contribution in [1.29, 1.82) is 0 Å². The molecule has 0 spiro atoms. The molecule has 0 unspecified atom stereocenters. The van der Waals surface area contributed by atoms with Crippen molar-refractivity contribution < 1.29 is 23.8 Å². The zero-order valence-corrected chi connectivity index (χ0v) is 17.8. The molecule has 1 amide bonds. The van der Waals surface area contributed by atoms with Gasteiger partial charge in [0.05, 0.1) is 18.8 Å². The van der Waals surface area contributed by atoms with Crippen LogP contribution in [-0.2, 0) is 9.47 Å². The number of aryl methyl sites for hydroxylation is 2. The van der Waals surface area contributed by atoms with E-state index in [-0.39, 0.29) is 12.5 Å². The zero-order valence-electron chi connectivity index (χ0n) is 17.8. The van der Waals surface area contributed by atoms with Crippen LogP contribution in [0.5, 0.6) is 5.75 Å². The first-order valence-corrected chi connectivity index (χ1v) is 9.66. The van der Waals surface area contributed by atoms with Gasteiger partial charge in [0.2, 0.25) is 0 Å². The molecule has 0 aliphatic heterocycles. The molecule has 7 nitrogen and oxygen atoms in total. The van der Waals surface area contributed by atoms with Crippen LogP contribution < -0.4 is 4.74 Å². The molecule has 1 heterocycles. The molecule has 0 aliphatic rings. The third kappa shape index (κ3) is 5.84. The van der Waals surface area contributed by atoms with Gasteiger partial charge >= 0.3 is 5.97 Å². The lowest BCUT2D eigenvalue weighted by Gasteiger charge is -2.17. The van der Waals surface area contributed by atoms with Crippen LogP contribution in [-0.4, -0.2) is 62.3 Å². The molecule has 1 aromatic carbocycles. The normalized spacial score (nSPS) is 10.7. The molecule has 0 radical (unpaired) electrons. The van der Waals surface area contributed by atoms with Crippen LogP contribution >= 0.6 is 0 Å². The third-order valence-electron chi connectivity index (χ3n) is 4.71. The third-order valence-corrected chi connectivity index (χ3v) is 4.71. The van der Waals surface area contributed by atoms with Crippen LogP contribution in [0.2, 0.25) is 0 Å². The largest absolute Gasteiger partial charge is 0.493 e. The summed E-state index contributed by atoms with van der Waals surface area (Å²) >= 11 is 0. The number of hydrogen-bond donors (Lipinski definition) is 1. The summed E-state index contributed by atoms with van der Waals surface area (Å²) in [6.45, 7) is 7.06. The number of aromatic nitrogens is 1. The number of methoxy groups -OCH3 is 1. The van der Waals surface area contributed by atoms with Crippen LogP contribution in [0, 0.1) is 20.8 Å². The van der Waals surface area contributed by atoms with E-state index in [0.717, 1.165) is 11.3 Å². The second-order valence-corrected chi connectivity index (χ2v) is 6.95. The number of amides is 1. The van der Waals surface area contributed by atoms with E-state index in [1.165, 1.54) is 0 Å². The first kappa shape index (κ1) is 22.5. The van der Waals surface area contributed by atoms with Crippen LogP contribution in [0.4, 0.5) is 0 Å². The summed E-state index contributed by atoms with van der Waals surface area (Å²) in [5, 5.41) is 0. The molecule has 1 N–H and O–H groups in total. The second kappa shape index (κ2) is 10.7. The summed E-state index contributed by atoms with van der Waals surface area (Å²) in [5.74, 6) is 0.230. The summed E-state index contributed by atoms with van der Waals surface area (Å²) in [6.07, 6.45) is 0.696. The molecule has 0 saturated carbocycles. The molecule has 0 bridgehead atoms. The van der Waals surface area contributed by atoms with Crippen LogP contribution in [0.1, 0.15) is 44.1 Å². The van der Waals surface area contributed by atoms with Gasteiger partial charge in [-0.15, -0.1) is 0 Å². The first-order chi connectivity index (χ1) is 13.9. The van der Waals surface area contributed by atoms with Crippen molar-refractivity contribution in [2.45, 2.75) is 27.2 Å². The highest BCUT2D eigenvalue weighted by Gasteiger charge is 2.24. The first-order valence-electron chi connectivity index (χ1n) is 9.66. The molecular formula is C22H30N2O5. The number of nitrogens with one attached hydrogen (secondary N) is 1. The van der Waals surface area contributed by atoms with Gasteiger partial charge in [-0.1, -0.05) is 18.2 Å². The van der Waals surface area contributed by atoms with E-state index in [1.54, 1.807) is 32.9 Å². The van der Waals surface area contributed by atoms with Crippen molar-refractivity contribution in [2.75, 3.05) is 40.5 Å². The summed E-state index contributed by atoms with van der Waals surface area (Å²) < 4.78 is 15.9. The lowest BCUT2D eigenvalue weighted by atomic mass is 10.1. The molecule has 0 fully saturated rings. The fraction of sp³-hybridized carbons (Fsp3) is 0.455. The van der Waals surface area contributed by atoms with Crippen LogP contribution in [0.3, 0.4) is 0 Å². The predicted molar refractivity (Wildman–Crippen MR) is 111 cm³/mol. The van der Waals surface area contributed by atoms with Crippen LogP contribution in [0.25, 0.3) is 0 Å². The lowest BCUT2D eigenvalue weighted by Crippen LogP contribution is -2.29. The molecule has 1 aromatic heterocycles. The maximum absolute atomic E-state index is 12.8. The highest BCUT2D eigenvalue weighted by atomic mass is 16.6. The van der Waals surface area contributed by atoms with E-state index >= 15 is 0 Å². The Balaban J connectivity index is 1.92. The SMILES string of the molecule is COCCOC(=O)c1c(C)[nH]c(C(=O)N(C)CCCOc2ccccc2C)c1C. The van der Waals surface area contributed by atoms with Gasteiger partial charge in [-0.2, -0.15) is 0 Å². The van der Waals surface area contributed by atoms with Crippen molar-refractivity contribution in [3.8, 4) is 5.75 Å². The van der Waals surface area contributed by atoms with Gasteiger partial charge in [0.1, 0.15) is 18.1 Å². The minimum Gasteiger partial charge on any atom is -0.493 e. The molecular weight excluding hydrogens is 372 g/mol. The van der Waals surface area contributed by atoms with E-state index in [1.807, 2.05) is 31.2 Å². The number of ether oxygens (including phenoxy) is 3.